The fraction of sp³-hybridized carbons (Fsp3) is 0.150. The van der Waals surface area contributed by atoms with Gasteiger partial charge in [0.15, 0.2) is 0 Å². The van der Waals surface area contributed by atoms with Crippen molar-refractivity contribution in [2.45, 2.75) is 33.1 Å². The van der Waals surface area contributed by atoms with Crippen LogP contribution < -0.4 is 9.80 Å². The lowest BCUT2D eigenvalue weighted by Crippen LogP contribution is -2.24. The Morgan fingerprint density at radius 1 is 0.643 bits per heavy atom. The minimum atomic E-state index is 0.556. The van der Waals surface area contributed by atoms with E-state index in [1.165, 1.54) is 49.9 Å². The molecule has 0 spiro atoms. The molecule has 0 radical (unpaired) electrons. The first-order chi connectivity index (χ1) is 20.7. The number of benzene rings is 5. The van der Waals surface area contributed by atoms with E-state index in [0.29, 0.717) is 5.92 Å². The van der Waals surface area contributed by atoms with Crippen molar-refractivity contribution in [1.29, 1.82) is 0 Å². The van der Waals surface area contributed by atoms with Gasteiger partial charge >= 0.3 is 0 Å². The van der Waals surface area contributed by atoms with Gasteiger partial charge in [-0.1, -0.05) is 116 Å². The lowest BCUT2D eigenvalue weighted by Gasteiger charge is -2.35. The van der Waals surface area contributed by atoms with E-state index < -0.39 is 0 Å². The Hall–Kier alpha value is -4.82. The summed E-state index contributed by atoms with van der Waals surface area (Å²) >= 11 is 0. The second-order valence-corrected chi connectivity index (χ2v) is 11.5. The molecule has 0 saturated carbocycles. The molecular weight excluding hydrogens is 508 g/mol. The highest BCUT2D eigenvalue weighted by atomic mass is 15.2. The number of anilines is 4. The molecule has 2 aliphatic carbocycles. The number of rotatable bonds is 6. The van der Waals surface area contributed by atoms with Gasteiger partial charge in [-0.25, -0.2) is 0 Å². The van der Waals surface area contributed by atoms with Gasteiger partial charge in [-0.3, -0.25) is 0 Å². The number of nitrogens with zero attached hydrogens (tertiary/aromatic N) is 2. The van der Waals surface area contributed by atoms with Gasteiger partial charge in [0, 0.05) is 44.3 Å². The predicted molar refractivity (Wildman–Crippen MR) is 181 cm³/mol. The molecular formula is C40H36N2. The standard InChI is InChI=1S/C40H36N2/c1-29-21-25-33(26-22-29)41(31-13-5-3-6-14-31)39-35-17-9-11-19-37(35)40(38-20-12-10-18-36(38)39)42(32-15-7-4-8-16-32)34-27-23-30(2)24-28-34/h3-7,9-15,17-23,25-28,30H,8,16,24H2,1-2H3. The van der Waals surface area contributed by atoms with Crippen molar-refractivity contribution in [2.24, 2.45) is 5.92 Å². The fourth-order valence-corrected chi connectivity index (χ4v) is 6.34. The highest BCUT2D eigenvalue weighted by Crippen LogP contribution is 2.49. The maximum absolute atomic E-state index is 2.54. The number of para-hydroxylation sites is 1. The molecule has 0 heterocycles. The van der Waals surface area contributed by atoms with Crippen LogP contribution in [0, 0.1) is 12.8 Å². The molecule has 206 valence electrons. The molecule has 1 unspecified atom stereocenters. The van der Waals surface area contributed by atoms with E-state index in [1.807, 2.05) is 0 Å². The molecule has 0 aliphatic heterocycles. The number of allylic oxidation sites excluding steroid dienone is 7. The van der Waals surface area contributed by atoms with E-state index in [0.717, 1.165) is 30.6 Å². The summed E-state index contributed by atoms with van der Waals surface area (Å²) in [6.45, 7) is 4.44. The van der Waals surface area contributed by atoms with Crippen LogP contribution in [0.1, 0.15) is 31.7 Å². The minimum absolute atomic E-state index is 0.556. The molecule has 0 N–H and O–H groups in total. The zero-order valence-corrected chi connectivity index (χ0v) is 24.4. The summed E-state index contributed by atoms with van der Waals surface area (Å²) < 4.78 is 0. The fourth-order valence-electron chi connectivity index (χ4n) is 6.34. The summed E-state index contributed by atoms with van der Waals surface area (Å²) in [6, 6.07) is 37.6. The van der Waals surface area contributed by atoms with Gasteiger partial charge in [-0.05, 0) is 68.5 Å². The maximum Gasteiger partial charge on any atom is 0.0619 e. The Balaban J connectivity index is 1.57. The van der Waals surface area contributed by atoms with Crippen LogP contribution in [0.2, 0.25) is 0 Å². The predicted octanol–water partition coefficient (Wildman–Crippen LogP) is 11.3. The van der Waals surface area contributed by atoms with Crippen molar-refractivity contribution >= 4 is 44.3 Å². The minimum Gasteiger partial charge on any atom is -0.313 e. The molecule has 2 aliphatic rings. The second-order valence-electron chi connectivity index (χ2n) is 11.5. The van der Waals surface area contributed by atoms with Crippen molar-refractivity contribution in [3.8, 4) is 0 Å². The van der Waals surface area contributed by atoms with Crippen molar-refractivity contribution in [3.63, 3.8) is 0 Å². The van der Waals surface area contributed by atoms with Crippen molar-refractivity contribution in [2.75, 3.05) is 9.80 Å². The van der Waals surface area contributed by atoms with Crippen LogP contribution in [0.25, 0.3) is 21.5 Å². The summed E-state index contributed by atoms with van der Waals surface area (Å²) in [6.07, 6.45) is 17.0. The van der Waals surface area contributed by atoms with Crippen molar-refractivity contribution in [1.82, 2.24) is 0 Å². The molecule has 2 nitrogen and oxygen atoms in total. The molecule has 0 bridgehead atoms. The van der Waals surface area contributed by atoms with Gasteiger partial charge in [-0.2, -0.15) is 0 Å². The maximum atomic E-state index is 2.54. The van der Waals surface area contributed by atoms with Crippen LogP contribution in [0.4, 0.5) is 22.7 Å². The summed E-state index contributed by atoms with van der Waals surface area (Å²) in [5, 5.41) is 4.98. The van der Waals surface area contributed by atoms with Crippen LogP contribution in [0.15, 0.2) is 151 Å². The summed E-state index contributed by atoms with van der Waals surface area (Å²) in [5.41, 5.74) is 8.62. The van der Waals surface area contributed by atoms with Crippen LogP contribution >= 0.6 is 0 Å². The van der Waals surface area contributed by atoms with E-state index in [-0.39, 0.29) is 0 Å². The van der Waals surface area contributed by atoms with Crippen LogP contribution in [-0.2, 0) is 0 Å². The molecule has 0 aromatic heterocycles. The molecule has 2 heteroatoms. The third-order valence-corrected chi connectivity index (χ3v) is 8.46. The third kappa shape index (κ3) is 4.73. The molecule has 0 saturated heterocycles. The SMILES string of the molecule is Cc1ccc(N(c2ccccc2)c2c3ccccc3c(N(C3=CCC(C)C=C3)C3=CC=CCC3)c3ccccc23)cc1. The number of hydrogen-bond acceptors (Lipinski definition) is 2. The molecule has 5 aromatic carbocycles. The smallest absolute Gasteiger partial charge is 0.0619 e. The van der Waals surface area contributed by atoms with Gasteiger partial charge in [-0.15, -0.1) is 0 Å². The lowest BCUT2D eigenvalue weighted by molar-refractivity contribution is 0.725. The third-order valence-electron chi connectivity index (χ3n) is 8.46. The van der Waals surface area contributed by atoms with Gasteiger partial charge < -0.3 is 9.80 Å². The van der Waals surface area contributed by atoms with E-state index >= 15 is 0 Å². The van der Waals surface area contributed by atoms with Gasteiger partial charge in [0.1, 0.15) is 0 Å². The summed E-state index contributed by atoms with van der Waals surface area (Å²) in [4.78, 5) is 4.97. The Labute approximate surface area is 249 Å². The van der Waals surface area contributed by atoms with Crippen LogP contribution in [0.5, 0.6) is 0 Å². The molecule has 0 fully saturated rings. The molecule has 7 rings (SSSR count). The van der Waals surface area contributed by atoms with E-state index in [2.05, 4.69) is 163 Å². The second kappa shape index (κ2) is 11.2. The van der Waals surface area contributed by atoms with Crippen molar-refractivity contribution < 1.29 is 0 Å². The normalized spacial score (nSPS) is 16.4. The Morgan fingerprint density at radius 3 is 1.76 bits per heavy atom. The van der Waals surface area contributed by atoms with E-state index in [9.17, 15) is 0 Å². The zero-order valence-electron chi connectivity index (χ0n) is 24.4. The first-order valence-electron chi connectivity index (χ1n) is 15.1. The van der Waals surface area contributed by atoms with Crippen LogP contribution in [0.3, 0.4) is 0 Å². The van der Waals surface area contributed by atoms with E-state index in [4.69, 9.17) is 0 Å². The average molecular weight is 545 g/mol. The largest absolute Gasteiger partial charge is 0.313 e. The van der Waals surface area contributed by atoms with Crippen LogP contribution in [-0.4, -0.2) is 0 Å². The molecule has 5 aromatic rings. The Morgan fingerprint density at radius 2 is 1.21 bits per heavy atom. The highest BCUT2D eigenvalue weighted by Gasteiger charge is 2.26. The van der Waals surface area contributed by atoms with Gasteiger partial charge in [0.25, 0.3) is 0 Å². The average Bonchev–Trinajstić information content (AvgIpc) is 3.05. The highest BCUT2D eigenvalue weighted by molar-refractivity contribution is 6.22. The van der Waals surface area contributed by atoms with Crippen molar-refractivity contribution in [3.05, 3.63) is 157 Å². The number of hydrogen-bond donors (Lipinski definition) is 0. The quantitative estimate of drug-likeness (QED) is 0.155. The molecule has 1 atom stereocenters. The Bertz CT molecular complexity index is 1820. The zero-order chi connectivity index (χ0) is 28.5. The topological polar surface area (TPSA) is 6.48 Å². The first-order valence-corrected chi connectivity index (χ1v) is 15.1. The van der Waals surface area contributed by atoms with Gasteiger partial charge in [0.05, 0.1) is 11.4 Å². The number of aryl methyl sites for hydroxylation is 1. The molecule has 42 heavy (non-hydrogen) atoms. The first kappa shape index (κ1) is 26.1. The monoisotopic (exact) mass is 544 g/mol. The summed E-state index contributed by atoms with van der Waals surface area (Å²) in [7, 11) is 0. The Kier molecular flexibility index (Phi) is 6.97. The van der Waals surface area contributed by atoms with E-state index in [1.54, 1.807) is 0 Å². The van der Waals surface area contributed by atoms with Gasteiger partial charge in [0.2, 0.25) is 0 Å². The lowest BCUT2D eigenvalue weighted by atomic mass is 9.93. The number of fused-ring (bicyclic) bond motifs is 2. The summed E-state index contributed by atoms with van der Waals surface area (Å²) in [5.74, 6) is 0.556. The molecule has 0 amide bonds.